The highest BCUT2D eigenvalue weighted by Crippen LogP contribution is 2.17. The highest BCUT2D eigenvalue weighted by Gasteiger charge is 2.22. The molecule has 1 atom stereocenters. The van der Waals surface area contributed by atoms with E-state index in [4.69, 9.17) is 5.73 Å². The molecule has 1 fully saturated rings. The highest BCUT2D eigenvalue weighted by molar-refractivity contribution is 5.95. The molecule has 0 unspecified atom stereocenters. The van der Waals surface area contributed by atoms with E-state index in [1.807, 2.05) is 4.90 Å². The van der Waals surface area contributed by atoms with Gasteiger partial charge in [-0.2, -0.15) is 0 Å². The Labute approximate surface area is 106 Å². The molecule has 5 nitrogen and oxygen atoms in total. The van der Waals surface area contributed by atoms with Gasteiger partial charge < -0.3 is 10.6 Å². The van der Waals surface area contributed by atoms with Gasteiger partial charge in [-0.3, -0.25) is 14.6 Å². The highest BCUT2D eigenvalue weighted by atomic mass is 16.2. The molecule has 1 aromatic rings. The fourth-order valence-corrected chi connectivity index (χ4v) is 2.20. The molecule has 96 valence electrons. The Bertz CT molecular complexity index is 456. The summed E-state index contributed by atoms with van der Waals surface area (Å²) in [6.07, 6.45) is 3.55. The average molecular weight is 247 g/mol. The SMILES string of the molecule is C[C@@H]1CCCN(C(=O)c2ccc(C(N)=O)cn2)C1. The minimum atomic E-state index is -0.534. The van der Waals surface area contributed by atoms with E-state index in [-0.39, 0.29) is 5.91 Å². The molecule has 1 saturated heterocycles. The van der Waals surface area contributed by atoms with Crippen molar-refractivity contribution in [3.63, 3.8) is 0 Å². The van der Waals surface area contributed by atoms with Gasteiger partial charge in [0, 0.05) is 19.3 Å². The van der Waals surface area contributed by atoms with Gasteiger partial charge in [-0.15, -0.1) is 0 Å². The van der Waals surface area contributed by atoms with E-state index in [1.165, 1.54) is 12.3 Å². The summed E-state index contributed by atoms with van der Waals surface area (Å²) in [5.74, 6) is -0.0711. The Morgan fingerprint density at radius 1 is 1.44 bits per heavy atom. The zero-order valence-electron chi connectivity index (χ0n) is 10.4. The van der Waals surface area contributed by atoms with E-state index in [0.29, 0.717) is 17.2 Å². The summed E-state index contributed by atoms with van der Waals surface area (Å²) >= 11 is 0. The largest absolute Gasteiger partial charge is 0.366 e. The number of primary amides is 1. The van der Waals surface area contributed by atoms with Gasteiger partial charge in [-0.25, -0.2) is 0 Å². The first-order valence-electron chi connectivity index (χ1n) is 6.13. The van der Waals surface area contributed by atoms with Crippen molar-refractivity contribution in [2.45, 2.75) is 19.8 Å². The molecule has 2 heterocycles. The van der Waals surface area contributed by atoms with Crippen LogP contribution in [0.25, 0.3) is 0 Å². The number of amides is 2. The lowest BCUT2D eigenvalue weighted by Gasteiger charge is -2.30. The first kappa shape index (κ1) is 12.5. The van der Waals surface area contributed by atoms with Crippen molar-refractivity contribution in [2.75, 3.05) is 13.1 Å². The summed E-state index contributed by atoms with van der Waals surface area (Å²) in [5, 5.41) is 0. The lowest BCUT2D eigenvalue weighted by Crippen LogP contribution is -2.39. The van der Waals surface area contributed by atoms with Gasteiger partial charge in [0.05, 0.1) is 5.56 Å². The van der Waals surface area contributed by atoms with Crippen LogP contribution in [0, 0.1) is 5.92 Å². The summed E-state index contributed by atoms with van der Waals surface area (Å²) in [6, 6.07) is 3.09. The molecule has 0 spiro atoms. The standard InChI is InChI=1S/C13H17N3O2/c1-9-3-2-6-16(8-9)13(18)11-5-4-10(7-15-11)12(14)17/h4-5,7,9H,2-3,6,8H2,1H3,(H2,14,17)/t9-/m1/s1. The Hall–Kier alpha value is -1.91. The van der Waals surface area contributed by atoms with Gasteiger partial charge in [-0.1, -0.05) is 6.92 Å². The number of hydrogen-bond acceptors (Lipinski definition) is 3. The van der Waals surface area contributed by atoms with Crippen molar-refractivity contribution in [1.29, 1.82) is 0 Å². The number of carbonyl (C=O) groups excluding carboxylic acids is 2. The summed E-state index contributed by atoms with van der Waals surface area (Å²) in [7, 11) is 0. The maximum absolute atomic E-state index is 12.2. The van der Waals surface area contributed by atoms with E-state index in [2.05, 4.69) is 11.9 Å². The zero-order chi connectivity index (χ0) is 13.1. The Kier molecular flexibility index (Phi) is 3.60. The second-order valence-electron chi connectivity index (χ2n) is 4.79. The quantitative estimate of drug-likeness (QED) is 0.848. The molecular formula is C13H17N3O2. The molecule has 5 heteroatoms. The molecule has 2 amide bonds. The van der Waals surface area contributed by atoms with Crippen molar-refractivity contribution >= 4 is 11.8 Å². The van der Waals surface area contributed by atoms with E-state index in [0.717, 1.165) is 25.9 Å². The van der Waals surface area contributed by atoms with Crippen LogP contribution in [0.1, 0.15) is 40.6 Å². The second-order valence-corrected chi connectivity index (χ2v) is 4.79. The van der Waals surface area contributed by atoms with Gasteiger partial charge in [0.15, 0.2) is 0 Å². The number of nitrogens with zero attached hydrogens (tertiary/aromatic N) is 2. The van der Waals surface area contributed by atoms with Crippen molar-refractivity contribution in [3.05, 3.63) is 29.6 Å². The molecule has 1 aromatic heterocycles. The van der Waals surface area contributed by atoms with Gasteiger partial charge in [0.25, 0.3) is 5.91 Å². The molecule has 18 heavy (non-hydrogen) atoms. The molecule has 2 N–H and O–H groups in total. The smallest absolute Gasteiger partial charge is 0.272 e. The lowest BCUT2D eigenvalue weighted by atomic mass is 10.00. The topological polar surface area (TPSA) is 76.3 Å². The first-order valence-corrected chi connectivity index (χ1v) is 6.13. The van der Waals surface area contributed by atoms with E-state index in [1.54, 1.807) is 6.07 Å². The van der Waals surface area contributed by atoms with Crippen LogP contribution in [-0.2, 0) is 0 Å². The number of pyridine rings is 1. The minimum absolute atomic E-state index is 0.0717. The van der Waals surface area contributed by atoms with Crippen molar-refractivity contribution in [2.24, 2.45) is 11.7 Å². The van der Waals surface area contributed by atoms with E-state index in [9.17, 15) is 9.59 Å². The van der Waals surface area contributed by atoms with Gasteiger partial charge in [0.1, 0.15) is 5.69 Å². The van der Waals surface area contributed by atoms with Crippen LogP contribution in [0.4, 0.5) is 0 Å². The predicted molar refractivity (Wildman–Crippen MR) is 67.1 cm³/mol. The summed E-state index contributed by atoms with van der Waals surface area (Å²) < 4.78 is 0. The third-order valence-electron chi connectivity index (χ3n) is 3.21. The molecule has 0 radical (unpaired) electrons. The number of likely N-dealkylation sites (tertiary alicyclic amines) is 1. The van der Waals surface area contributed by atoms with Crippen molar-refractivity contribution < 1.29 is 9.59 Å². The molecule has 0 bridgehead atoms. The minimum Gasteiger partial charge on any atom is -0.366 e. The summed E-state index contributed by atoms with van der Waals surface area (Å²) in [6.45, 7) is 3.70. The third kappa shape index (κ3) is 2.67. The van der Waals surface area contributed by atoms with Crippen LogP contribution in [-0.4, -0.2) is 34.8 Å². The molecule has 1 aliphatic heterocycles. The Balaban J connectivity index is 2.10. The Morgan fingerprint density at radius 3 is 2.78 bits per heavy atom. The van der Waals surface area contributed by atoms with Crippen LogP contribution in [0.3, 0.4) is 0 Å². The number of carbonyl (C=O) groups is 2. The lowest BCUT2D eigenvalue weighted by molar-refractivity contribution is 0.0676. The molecular weight excluding hydrogens is 230 g/mol. The van der Waals surface area contributed by atoms with Crippen molar-refractivity contribution in [1.82, 2.24) is 9.88 Å². The normalized spacial score (nSPS) is 19.6. The molecule has 0 aliphatic carbocycles. The van der Waals surface area contributed by atoms with Crippen LogP contribution in [0.2, 0.25) is 0 Å². The fraction of sp³-hybridized carbons (Fsp3) is 0.462. The monoisotopic (exact) mass is 247 g/mol. The van der Waals surface area contributed by atoms with Crippen LogP contribution < -0.4 is 5.73 Å². The van der Waals surface area contributed by atoms with Crippen LogP contribution >= 0.6 is 0 Å². The van der Waals surface area contributed by atoms with Gasteiger partial charge >= 0.3 is 0 Å². The Morgan fingerprint density at radius 2 is 2.22 bits per heavy atom. The third-order valence-corrected chi connectivity index (χ3v) is 3.21. The summed E-state index contributed by atoms with van der Waals surface area (Å²) in [4.78, 5) is 28.9. The van der Waals surface area contributed by atoms with Gasteiger partial charge in [0.2, 0.25) is 5.91 Å². The average Bonchev–Trinajstić information content (AvgIpc) is 2.38. The number of rotatable bonds is 2. The number of nitrogens with two attached hydrogens (primary N) is 1. The maximum Gasteiger partial charge on any atom is 0.272 e. The first-order chi connectivity index (χ1) is 8.58. The second kappa shape index (κ2) is 5.16. The molecule has 2 rings (SSSR count). The van der Waals surface area contributed by atoms with E-state index >= 15 is 0 Å². The van der Waals surface area contributed by atoms with E-state index < -0.39 is 5.91 Å². The molecule has 0 aromatic carbocycles. The molecule has 1 aliphatic rings. The number of aromatic nitrogens is 1. The zero-order valence-corrected chi connectivity index (χ0v) is 10.4. The predicted octanol–water partition coefficient (Wildman–Crippen LogP) is 1.05. The molecule has 0 saturated carbocycles. The maximum atomic E-state index is 12.2. The number of hydrogen-bond donors (Lipinski definition) is 1. The van der Waals surface area contributed by atoms with Gasteiger partial charge in [-0.05, 0) is 30.9 Å². The fourth-order valence-electron chi connectivity index (χ4n) is 2.20. The summed E-state index contributed by atoms with van der Waals surface area (Å²) in [5.41, 5.74) is 5.81. The van der Waals surface area contributed by atoms with Crippen LogP contribution in [0.15, 0.2) is 18.3 Å². The van der Waals surface area contributed by atoms with Crippen molar-refractivity contribution in [3.8, 4) is 0 Å². The van der Waals surface area contributed by atoms with Crippen LogP contribution in [0.5, 0.6) is 0 Å². The number of piperidine rings is 1.